The van der Waals surface area contributed by atoms with E-state index in [2.05, 4.69) is 199 Å². The molecule has 3 aromatic heterocycles. The zero-order valence-corrected chi connectivity index (χ0v) is 31.5. The van der Waals surface area contributed by atoms with E-state index in [0.29, 0.717) is 0 Å². The Kier molecular flexibility index (Phi) is 6.65. The van der Waals surface area contributed by atoms with Gasteiger partial charge in [-0.05, 0) is 83.9 Å². The molecular weight excluding hydrogens is 697 g/mol. The van der Waals surface area contributed by atoms with Crippen LogP contribution in [-0.2, 0) is 5.41 Å². The fourth-order valence-electron chi connectivity index (χ4n) is 9.61. The monoisotopic (exact) mass is 732 g/mol. The number of benzene rings is 8. The number of rotatable bonds is 4. The van der Waals surface area contributed by atoms with Gasteiger partial charge in [0.1, 0.15) is 22.3 Å². The van der Waals surface area contributed by atoms with Crippen molar-refractivity contribution in [1.29, 1.82) is 0 Å². The SMILES string of the molecule is CC1(C)c2cc(-n3c4ccccc4c4cc(N(c5ccccc5)c5ccccc5)ccc43)c3c(oc4ccccc43)c2C=Cc2ccc3c(oc4ccccc43)c21. The summed E-state index contributed by atoms with van der Waals surface area (Å²) in [6.45, 7) is 4.67. The van der Waals surface area contributed by atoms with Crippen LogP contribution in [-0.4, -0.2) is 4.57 Å². The maximum Gasteiger partial charge on any atom is 0.145 e. The van der Waals surface area contributed by atoms with Crippen molar-refractivity contribution in [2.24, 2.45) is 0 Å². The largest absolute Gasteiger partial charge is 0.456 e. The predicted molar refractivity (Wildman–Crippen MR) is 238 cm³/mol. The van der Waals surface area contributed by atoms with Crippen LogP contribution in [0.3, 0.4) is 0 Å². The molecule has 0 saturated carbocycles. The van der Waals surface area contributed by atoms with Gasteiger partial charge in [-0.1, -0.05) is 123 Å². The maximum absolute atomic E-state index is 6.95. The zero-order chi connectivity index (χ0) is 37.8. The number of hydrogen-bond donors (Lipinski definition) is 0. The molecule has 4 nitrogen and oxygen atoms in total. The molecule has 8 aromatic carbocycles. The van der Waals surface area contributed by atoms with E-state index in [0.717, 1.165) is 88.8 Å². The molecule has 0 spiro atoms. The Labute approximate surface area is 329 Å². The molecule has 0 unspecified atom stereocenters. The molecule has 1 aliphatic rings. The lowest BCUT2D eigenvalue weighted by Crippen LogP contribution is -2.21. The zero-order valence-electron chi connectivity index (χ0n) is 31.5. The fraction of sp³-hybridized carbons (Fsp3) is 0.0566. The summed E-state index contributed by atoms with van der Waals surface area (Å²) in [7, 11) is 0. The lowest BCUT2D eigenvalue weighted by Gasteiger charge is -2.29. The van der Waals surface area contributed by atoms with Gasteiger partial charge in [0.25, 0.3) is 0 Å². The number of hydrogen-bond acceptors (Lipinski definition) is 3. The fourth-order valence-corrected chi connectivity index (χ4v) is 9.61. The second kappa shape index (κ2) is 11.8. The van der Waals surface area contributed by atoms with Gasteiger partial charge in [0.15, 0.2) is 0 Å². The quantitative estimate of drug-likeness (QED) is 0.181. The second-order valence-electron chi connectivity index (χ2n) is 15.7. The van der Waals surface area contributed by atoms with Crippen LogP contribution in [0.5, 0.6) is 0 Å². The number of fused-ring (bicyclic) bond motifs is 13. The topological polar surface area (TPSA) is 34.5 Å². The molecule has 0 radical (unpaired) electrons. The van der Waals surface area contributed by atoms with Crippen molar-refractivity contribution in [2.45, 2.75) is 19.3 Å². The third-order valence-corrected chi connectivity index (χ3v) is 12.2. The van der Waals surface area contributed by atoms with Crippen molar-refractivity contribution in [2.75, 3.05) is 4.90 Å². The van der Waals surface area contributed by atoms with E-state index in [9.17, 15) is 0 Å². The molecule has 3 heterocycles. The van der Waals surface area contributed by atoms with Gasteiger partial charge in [-0.2, -0.15) is 0 Å². The van der Waals surface area contributed by atoms with E-state index in [4.69, 9.17) is 8.83 Å². The Bertz CT molecular complexity index is 3400. The average Bonchev–Trinajstić information content (AvgIpc) is 3.91. The highest BCUT2D eigenvalue weighted by Crippen LogP contribution is 2.50. The van der Waals surface area contributed by atoms with Crippen LogP contribution < -0.4 is 4.90 Å². The third kappa shape index (κ3) is 4.55. The molecular formula is C53H36N2O2. The molecule has 0 bridgehead atoms. The maximum atomic E-state index is 6.95. The molecule has 0 fully saturated rings. The standard InChI is InChI=1S/C53H36N2O2/c1-53(2)43-32-46(55-44-22-12-9-19-37(44)42-31-36(27-30-45(42)55)54(34-15-5-3-6-16-34)35-17-7-4-8-18-35)49-41-21-11-14-24-48(41)56-51(49)40(43)29-26-33-25-28-39-38-20-10-13-23-47(38)57-52(39)50(33)53/h3-32H,1-2H3. The van der Waals surface area contributed by atoms with Gasteiger partial charge < -0.3 is 18.3 Å². The smallest absolute Gasteiger partial charge is 0.145 e. The summed E-state index contributed by atoms with van der Waals surface area (Å²) in [5.41, 5.74) is 14.5. The van der Waals surface area contributed by atoms with Crippen molar-refractivity contribution in [3.8, 4) is 5.69 Å². The lowest BCUT2D eigenvalue weighted by atomic mass is 9.74. The van der Waals surface area contributed by atoms with Crippen LogP contribution in [0.1, 0.15) is 36.1 Å². The van der Waals surface area contributed by atoms with E-state index in [1.807, 2.05) is 6.07 Å². The first-order valence-electron chi connectivity index (χ1n) is 19.6. The summed E-state index contributed by atoms with van der Waals surface area (Å²) < 4.78 is 16.1. The first kappa shape index (κ1) is 32.0. The van der Waals surface area contributed by atoms with Crippen LogP contribution in [0.4, 0.5) is 17.1 Å². The highest BCUT2D eigenvalue weighted by molar-refractivity contribution is 6.17. The molecule has 11 aromatic rings. The summed E-state index contributed by atoms with van der Waals surface area (Å²) in [5, 5.41) is 6.85. The van der Waals surface area contributed by atoms with Gasteiger partial charge in [-0.15, -0.1) is 0 Å². The Morgan fingerprint density at radius 3 is 1.84 bits per heavy atom. The van der Waals surface area contributed by atoms with Crippen LogP contribution >= 0.6 is 0 Å². The molecule has 0 aliphatic heterocycles. The van der Waals surface area contributed by atoms with Gasteiger partial charge in [-0.25, -0.2) is 0 Å². The van der Waals surface area contributed by atoms with Gasteiger partial charge in [0.05, 0.1) is 22.1 Å². The number of anilines is 3. The van der Waals surface area contributed by atoms with E-state index >= 15 is 0 Å². The van der Waals surface area contributed by atoms with E-state index in [1.54, 1.807) is 0 Å². The lowest BCUT2D eigenvalue weighted by molar-refractivity contribution is 0.604. The van der Waals surface area contributed by atoms with Crippen molar-refractivity contribution in [3.05, 3.63) is 192 Å². The molecule has 1 aliphatic carbocycles. The number of para-hydroxylation sites is 5. The average molecular weight is 733 g/mol. The molecule has 0 N–H and O–H groups in total. The van der Waals surface area contributed by atoms with E-state index in [-0.39, 0.29) is 0 Å². The summed E-state index contributed by atoms with van der Waals surface area (Å²) in [4.78, 5) is 2.33. The molecule has 0 amide bonds. The van der Waals surface area contributed by atoms with Crippen LogP contribution in [0, 0.1) is 0 Å². The number of furan rings is 2. The first-order chi connectivity index (χ1) is 28.0. The number of nitrogens with zero attached hydrogens (tertiary/aromatic N) is 2. The van der Waals surface area contributed by atoms with Gasteiger partial charge in [0.2, 0.25) is 0 Å². The highest BCUT2D eigenvalue weighted by atomic mass is 16.3. The van der Waals surface area contributed by atoms with Crippen LogP contribution in [0.25, 0.3) is 83.5 Å². The van der Waals surface area contributed by atoms with E-state index in [1.165, 1.54) is 21.9 Å². The van der Waals surface area contributed by atoms with Crippen molar-refractivity contribution in [3.63, 3.8) is 0 Å². The Hall–Kier alpha value is -7.30. The van der Waals surface area contributed by atoms with Crippen molar-refractivity contribution in [1.82, 2.24) is 4.57 Å². The predicted octanol–water partition coefficient (Wildman–Crippen LogP) is 14.9. The normalized spacial score (nSPS) is 13.5. The molecule has 270 valence electrons. The second-order valence-corrected chi connectivity index (χ2v) is 15.7. The molecule has 0 atom stereocenters. The summed E-state index contributed by atoms with van der Waals surface area (Å²) >= 11 is 0. The Morgan fingerprint density at radius 1 is 0.474 bits per heavy atom. The van der Waals surface area contributed by atoms with Gasteiger partial charge in [-0.3, -0.25) is 0 Å². The molecule has 0 saturated heterocycles. The van der Waals surface area contributed by atoms with Gasteiger partial charge in [0, 0.05) is 60.5 Å². The summed E-state index contributed by atoms with van der Waals surface area (Å²) in [6, 6.07) is 60.6. The van der Waals surface area contributed by atoms with Crippen LogP contribution in [0.2, 0.25) is 0 Å². The Balaban J connectivity index is 1.16. The van der Waals surface area contributed by atoms with Crippen molar-refractivity contribution < 1.29 is 8.83 Å². The van der Waals surface area contributed by atoms with Gasteiger partial charge >= 0.3 is 0 Å². The number of aromatic nitrogens is 1. The molecule has 57 heavy (non-hydrogen) atoms. The first-order valence-corrected chi connectivity index (χ1v) is 19.6. The highest BCUT2D eigenvalue weighted by Gasteiger charge is 2.36. The minimum Gasteiger partial charge on any atom is -0.456 e. The minimum atomic E-state index is -0.457. The van der Waals surface area contributed by atoms with Crippen LogP contribution in [0.15, 0.2) is 179 Å². The molecule has 12 rings (SSSR count). The van der Waals surface area contributed by atoms with Crippen molar-refractivity contribution >= 4 is 94.9 Å². The summed E-state index contributed by atoms with van der Waals surface area (Å²) in [6.07, 6.45) is 4.50. The molecule has 4 heteroatoms. The third-order valence-electron chi connectivity index (χ3n) is 12.2. The Morgan fingerprint density at radius 2 is 1.09 bits per heavy atom. The van der Waals surface area contributed by atoms with E-state index < -0.39 is 5.41 Å². The minimum absolute atomic E-state index is 0.457. The summed E-state index contributed by atoms with van der Waals surface area (Å²) in [5.74, 6) is 0.